The summed E-state index contributed by atoms with van der Waals surface area (Å²) in [6, 6.07) is 5.50. The zero-order valence-corrected chi connectivity index (χ0v) is 15.1. The normalized spacial score (nSPS) is 15.3. The molecule has 8 nitrogen and oxygen atoms in total. The van der Waals surface area contributed by atoms with Crippen molar-refractivity contribution in [2.75, 3.05) is 16.4 Å². The lowest BCUT2D eigenvalue weighted by atomic mass is 10.3. The zero-order valence-electron chi connectivity index (χ0n) is 14.2. The minimum absolute atomic E-state index is 0.0168. The predicted octanol–water partition coefficient (Wildman–Crippen LogP) is 3.00. The molecule has 2 aromatic rings. The summed E-state index contributed by atoms with van der Waals surface area (Å²) < 4.78 is 39.4. The fourth-order valence-corrected chi connectivity index (χ4v) is 2.84. The molecule has 3 rings (SSSR count). The largest absolute Gasteiger partial charge is 0.586 e. The number of carbonyl (C=O) groups excluding carboxylic acids is 2. The molecule has 0 saturated carbocycles. The van der Waals surface area contributed by atoms with Gasteiger partial charge in [0.1, 0.15) is 5.76 Å². The van der Waals surface area contributed by atoms with Crippen LogP contribution in [0, 0.1) is 6.92 Å². The molecule has 0 spiro atoms. The zero-order chi connectivity index (χ0) is 19.6. The molecule has 11 heteroatoms. The molecule has 27 heavy (non-hydrogen) atoms. The summed E-state index contributed by atoms with van der Waals surface area (Å²) in [4.78, 5) is 24.1. The van der Waals surface area contributed by atoms with Crippen molar-refractivity contribution in [3.63, 3.8) is 0 Å². The van der Waals surface area contributed by atoms with E-state index in [2.05, 4.69) is 25.3 Å². The number of nitrogens with one attached hydrogen (secondary N) is 2. The number of alkyl halides is 2. The van der Waals surface area contributed by atoms with E-state index in [1.807, 2.05) is 0 Å². The fraction of sp³-hybridized carbons (Fsp3) is 0.312. The number of fused-ring (bicyclic) bond motifs is 1. The van der Waals surface area contributed by atoms with Gasteiger partial charge in [0.2, 0.25) is 11.8 Å². The molecular formula is C16H15F2N3O5S. The first-order valence-corrected chi connectivity index (χ1v) is 8.82. The lowest BCUT2D eigenvalue weighted by Crippen LogP contribution is -2.26. The van der Waals surface area contributed by atoms with Gasteiger partial charge in [0.25, 0.3) is 0 Å². The van der Waals surface area contributed by atoms with Gasteiger partial charge in [-0.1, -0.05) is 5.16 Å². The number of ether oxygens (including phenoxy) is 2. The maximum absolute atomic E-state index is 13.0. The van der Waals surface area contributed by atoms with Crippen LogP contribution in [0.3, 0.4) is 0 Å². The SMILES string of the molecule is Cc1cc(NC(=O)[C@@H](C)SCC(=O)Nc2ccc3c(c2)OC(F)(F)O3)no1. The van der Waals surface area contributed by atoms with Gasteiger partial charge in [0, 0.05) is 17.8 Å². The van der Waals surface area contributed by atoms with E-state index in [9.17, 15) is 18.4 Å². The Morgan fingerprint density at radius 2 is 1.96 bits per heavy atom. The van der Waals surface area contributed by atoms with Crippen LogP contribution in [0.4, 0.5) is 20.3 Å². The van der Waals surface area contributed by atoms with Gasteiger partial charge in [0.15, 0.2) is 17.3 Å². The maximum Gasteiger partial charge on any atom is 0.586 e. The highest BCUT2D eigenvalue weighted by molar-refractivity contribution is 8.01. The predicted molar refractivity (Wildman–Crippen MR) is 93.1 cm³/mol. The molecule has 0 unspecified atom stereocenters. The molecule has 0 radical (unpaired) electrons. The number of aromatic nitrogens is 1. The lowest BCUT2D eigenvalue weighted by molar-refractivity contribution is -0.286. The Balaban J connectivity index is 1.48. The van der Waals surface area contributed by atoms with Gasteiger partial charge in [-0.15, -0.1) is 20.5 Å². The third-order valence-corrected chi connectivity index (χ3v) is 4.54. The average molecular weight is 399 g/mol. The minimum atomic E-state index is -3.72. The summed E-state index contributed by atoms with van der Waals surface area (Å²) in [7, 11) is 0. The van der Waals surface area contributed by atoms with Crippen LogP contribution < -0.4 is 20.1 Å². The van der Waals surface area contributed by atoms with Gasteiger partial charge in [0.05, 0.1) is 11.0 Å². The Labute approximate surface area is 156 Å². The van der Waals surface area contributed by atoms with Gasteiger partial charge in [-0.25, -0.2) is 0 Å². The van der Waals surface area contributed by atoms with E-state index < -0.39 is 17.5 Å². The van der Waals surface area contributed by atoms with Crippen molar-refractivity contribution in [2.24, 2.45) is 0 Å². The van der Waals surface area contributed by atoms with Gasteiger partial charge in [-0.05, 0) is 26.0 Å². The average Bonchev–Trinajstić information content (AvgIpc) is 3.12. The molecule has 1 aliphatic rings. The molecule has 0 fully saturated rings. The maximum atomic E-state index is 13.0. The number of halogens is 2. The van der Waals surface area contributed by atoms with Crippen molar-refractivity contribution in [2.45, 2.75) is 25.4 Å². The van der Waals surface area contributed by atoms with Crippen LogP contribution >= 0.6 is 11.8 Å². The monoisotopic (exact) mass is 399 g/mol. The van der Waals surface area contributed by atoms with E-state index in [0.29, 0.717) is 11.6 Å². The van der Waals surface area contributed by atoms with Gasteiger partial charge in [-0.2, -0.15) is 0 Å². The van der Waals surface area contributed by atoms with Crippen LogP contribution in [0.1, 0.15) is 12.7 Å². The van der Waals surface area contributed by atoms with E-state index in [1.54, 1.807) is 19.9 Å². The topological polar surface area (TPSA) is 103 Å². The number of amides is 2. The Kier molecular flexibility index (Phi) is 5.22. The summed E-state index contributed by atoms with van der Waals surface area (Å²) in [6.07, 6.45) is -3.72. The number of aryl methyl sites for hydroxylation is 1. The third-order valence-electron chi connectivity index (χ3n) is 3.40. The van der Waals surface area contributed by atoms with Crippen LogP contribution in [-0.2, 0) is 9.59 Å². The summed E-state index contributed by atoms with van der Waals surface area (Å²) in [5.41, 5.74) is 0.274. The van der Waals surface area contributed by atoms with Gasteiger partial charge >= 0.3 is 6.29 Å². The number of benzene rings is 1. The third kappa shape index (κ3) is 4.88. The van der Waals surface area contributed by atoms with Crippen molar-refractivity contribution < 1.29 is 32.4 Å². The molecule has 1 aromatic heterocycles. The molecular weight excluding hydrogens is 384 g/mol. The van der Waals surface area contributed by atoms with E-state index in [-0.39, 0.29) is 28.8 Å². The molecule has 0 saturated heterocycles. The van der Waals surface area contributed by atoms with E-state index >= 15 is 0 Å². The fourth-order valence-electron chi connectivity index (χ4n) is 2.15. The number of hydrogen-bond acceptors (Lipinski definition) is 7. The van der Waals surface area contributed by atoms with Crippen LogP contribution in [0.25, 0.3) is 0 Å². The van der Waals surface area contributed by atoms with Gasteiger partial charge in [-0.3, -0.25) is 9.59 Å². The number of hydrogen-bond donors (Lipinski definition) is 2. The van der Waals surface area contributed by atoms with Crippen molar-refractivity contribution in [3.8, 4) is 11.5 Å². The minimum Gasteiger partial charge on any atom is -0.395 e. The Bertz CT molecular complexity index is 873. The van der Waals surface area contributed by atoms with E-state index in [4.69, 9.17) is 4.52 Å². The van der Waals surface area contributed by atoms with Crippen LogP contribution in [-0.4, -0.2) is 34.3 Å². The van der Waals surface area contributed by atoms with Crippen LogP contribution in [0.2, 0.25) is 0 Å². The summed E-state index contributed by atoms with van der Waals surface area (Å²) >= 11 is 1.10. The Hall–Kier alpha value is -2.82. The molecule has 0 aliphatic carbocycles. The smallest absolute Gasteiger partial charge is 0.395 e. The number of rotatable bonds is 6. The van der Waals surface area contributed by atoms with Crippen molar-refractivity contribution in [1.82, 2.24) is 5.16 Å². The second-order valence-electron chi connectivity index (χ2n) is 5.64. The second kappa shape index (κ2) is 7.43. The Morgan fingerprint density at radius 3 is 2.67 bits per heavy atom. The summed E-state index contributed by atoms with van der Waals surface area (Å²) in [5, 5.41) is 8.25. The first kappa shape index (κ1) is 19.0. The number of anilines is 2. The van der Waals surface area contributed by atoms with Crippen LogP contribution in [0.15, 0.2) is 28.8 Å². The van der Waals surface area contributed by atoms with Gasteiger partial charge < -0.3 is 24.6 Å². The van der Waals surface area contributed by atoms with Crippen molar-refractivity contribution in [3.05, 3.63) is 30.0 Å². The molecule has 0 bridgehead atoms. The summed E-state index contributed by atoms with van der Waals surface area (Å²) in [5.74, 6) is -0.161. The number of carbonyl (C=O) groups is 2. The Morgan fingerprint density at radius 1 is 1.22 bits per heavy atom. The lowest BCUT2D eigenvalue weighted by Gasteiger charge is -2.10. The number of thioether (sulfide) groups is 1. The first-order valence-electron chi connectivity index (χ1n) is 7.77. The highest BCUT2D eigenvalue weighted by Crippen LogP contribution is 2.42. The second-order valence-corrected chi connectivity index (χ2v) is 6.97. The van der Waals surface area contributed by atoms with E-state index in [0.717, 1.165) is 11.8 Å². The van der Waals surface area contributed by atoms with Crippen LogP contribution in [0.5, 0.6) is 11.5 Å². The highest BCUT2D eigenvalue weighted by atomic mass is 32.2. The summed E-state index contributed by atoms with van der Waals surface area (Å²) in [6.45, 7) is 3.34. The van der Waals surface area contributed by atoms with Crippen molar-refractivity contribution in [1.29, 1.82) is 0 Å². The molecule has 2 heterocycles. The molecule has 144 valence electrons. The molecule has 1 atom stereocenters. The quantitative estimate of drug-likeness (QED) is 0.770. The first-order chi connectivity index (χ1) is 12.7. The molecule has 1 aromatic carbocycles. The molecule has 1 aliphatic heterocycles. The van der Waals surface area contributed by atoms with E-state index in [1.165, 1.54) is 18.2 Å². The number of nitrogens with zero attached hydrogens (tertiary/aromatic N) is 1. The standard InChI is InChI=1S/C16H15F2N3O5S/c1-8-5-13(21-26-8)20-15(23)9(2)27-7-14(22)19-10-3-4-11-12(6-10)25-16(17,18)24-11/h3-6,9H,7H2,1-2H3,(H,19,22)(H,20,21,23)/t9-/m1/s1. The highest BCUT2D eigenvalue weighted by Gasteiger charge is 2.43. The van der Waals surface area contributed by atoms with Crippen molar-refractivity contribution >= 4 is 35.1 Å². The molecule has 2 N–H and O–H groups in total. The molecule has 2 amide bonds.